The Bertz CT molecular complexity index is 708. The van der Waals surface area contributed by atoms with E-state index in [2.05, 4.69) is 0 Å². The lowest BCUT2D eigenvalue weighted by Gasteiger charge is -2.36. The molecule has 1 aromatic carbocycles. The number of hydrogen-bond donors (Lipinski definition) is 1. The predicted molar refractivity (Wildman–Crippen MR) is 86.2 cm³/mol. The standard InChI is InChI=1S/C18H20N2O3/c1-19-9-5-8-16(19)17(21)20-11-14(10-15(12-20)18(22)23)13-6-3-2-4-7-13/h2-9,14-15H,10-12H2,1H3,(H,22,23)/t14-,15-/m0/s1. The van der Waals surface area contributed by atoms with Gasteiger partial charge >= 0.3 is 5.97 Å². The quantitative estimate of drug-likeness (QED) is 0.946. The van der Waals surface area contributed by atoms with E-state index >= 15 is 0 Å². The second-order valence-electron chi connectivity index (χ2n) is 6.09. The number of carboxylic acid groups (broad SMARTS) is 1. The van der Waals surface area contributed by atoms with Crippen LogP contribution in [-0.4, -0.2) is 39.5 Å². The van der Waals surface area contributed by atoms with E-state index in [1.54, 1.807) is 15.5 Å². The first-order valence-corrected chi connectivity index (χ1v) is 7.74. The average molecular weight is 312 g/mol. The molecule has 5 heteroatoms. The molecule has 0 unspecified atom stereocenters. The number of rotatable bonds is 3. The second-order valence-corrected chi connectivity index (χ2v) is 6.09. The van der Waals surface area contributed by atoms with Crippen LogP contribution in [0.2, 0.25) is 0 Å². The first-order chi connectivity index (χ1) is 11.1. The van der Waals surface area contributed by atoms with E-state index in [1.807, 2.05) is 49.6 Å². The van der Waals surface area contributed by atoms with Crippen molar-refractivity contribution in [3.63, 3.8) is 0 Å². The number of likely N-dealkylation sites (tertiary alicyclic amines) is 1. The minimum Gasteiger partial charge on any atom is -0.481 e. The van der Waals surface area contributed by atoms with Gasteiger partial charge in [0, 0.05) is 32.3 Å². The predicted octanol–water partition coefficient (Wildman–Crippen LogP) is 2.36. The second kappa shape index (κ2) is 6.28. The van der Waals surface area contributed by atoms with Crippen LogP contribution in [-0.2, 0) is 11.8 Å². The van der Waals surface area contributed by atoms with Gasteiger partial charge in [0.1, 0.15) is 5.69 Å². The summed E-state index contributed by atoms with van der Waals surface area (Å²) in [4.78, 5) is 25.9. The normalized spacial score (nSPS) is 21.2. The third kappa shape index (κ3) is 3.13. The van der Waals surface area contributed by atoms with Crippen LogP contribution < -0.4 is 0 Å². The third-order valence-electron chi connectivity index (χ3n) is 4.52. The maximum atomic E-state index is 12.7. The fourth-order valence-electron chi connectivity index (χ4n) is 3.26. The van der Waals surface area contributed by atoms with Crippen molar-refractivity contribution in [1.82, 2.24) is 9.47 Å². The number of hydrogen-bond acceptors (Lipinski definition) is 2. The lowest BCUT2D eigenvalue weighted by Crippen LogP contribution is -2.45. The van der Waals surface area contributed by atoms with Crippen molar-refractivity contribution >= 4 is 11.9 Å². The van der Waals surface area contributed by atoms with Gasteiger partial charge in [-0.05, 0) is 24.1 Å². The van der Waals surface area contributed by atoms with E-state index in [0.29, 0.717) is 18.7 Å². The lowest BCUT2D eigenvalue weighted by atomic mass is 9.84. The monoisotopic (exact) mass is 312 g/mol. The summed E-state index contributed by atoms with van der Waals surface area (Å²) in [7, 11) is 1.82. The number of piperidine rings is 1. The summed E-state index contributed by atoms with van der Waals surface area (Å²) < 4.78 is 1.77. The topological polar surface area (TPSA) is 62.5 Å². The van der Waals surface area contributed by atoms with Gasteiger partial charge in [0.25, 0.3) is 5.91 Å². The molecule has 1 fully saturated rings. The molecule has 1 aliphatic heterocycles. The van der Waals surface area contributed by atoms with E-state index < -0.39 is 11.9 Å². The van der Waals surface area contributed by atoms with Crippen LogP contribution >= 0.6 is 0 Å². The first kappa shape index (κ1) is 15.3. The molecule has 0 saturated carbocycles. The molecular formula is C18H20N2O3. The fourth-order valence-corrected chi connectivity index (χ4v) is 3.26. The van der Waals surface area contributed by atoms with Crippen molar-refractivity contribution in [3.8, 4) is 0 Å². The molecule has 2 aromatic rings. The minimum absolute atomic E-state index is 0.0512. The smallest absolute Gasteiger partial charge is 0.308 e. The summed E-state index contributed by atoms with van der Waals surface area (Å²) >= 11 is 0. The van der Waals surface area contributed by atoms with Gasteiger partial charge in [0.2, 0.25) is 0 Å². The van der Waals surface area contributed by atoms with E-state index in [9.17, 15) is 14.7 Å². The Hall–Kier alpha value is -2.56. The highest BCUT2D eigenvalue weighted by Crippen LogP contribution is 2.31. The zero-order valence-electron chi connectivity index (χ0n) is 13.1. The van der Waals surface area contributed by atoms with Gasteiger partial charge in [0.05, 0.1) is 5.92 Å². The van der Waals surface area contributed by atoms with Gasteiger partial charge in [-0.15, -0.1) is 0 Å². The number of aliphatic carboxylic acids is 1. The molecule has 120 valence electrons. The highest BCUT2D eigenvalue weighted by Gasteiger charge is 2.35. The summed E-state index contributed by atoms with van der Waals surface area (Å²) in [5, 5.41) is 9.44. The molecule has 5 nitrogen and oxygen atoms in total. The largest absolute Gasteiger partial charge is 0.481 e. The zero-order chi connectivity index (χ0) is 16.4. The maximum Gasteiger partial charge on any atom is 0.308 e. The van der Waals surface area contributed by atoms with Crippen molar-refractivity contribution < 1.29 is 14.7 Å². The van der Waals surface area contributed by atoms with Crippen LogP contribution in [0.4, 0.5) is 0 Å². The Labute approximate surface area is 135 Å². The Balaban J connectivity index is 1.86. The Kier molecular flexibility index (Phi) is 4.19. The fraction of sp³-hybridized carbons (Fsp3) is 0.333. The summed E-state index contributed by atoms with van der Waals surface area (Å²) in [6.45, 7) is 0.820. The number of carbonyl (C=O) groups excluding carboxylic acids is 1. The van der Waals surface area contributed by atoms with E-state index in [4.69, 9.17) is 0 Å². The molecule has 3 rings (SSSR count). The number of aromatic nitrogens is 1. The van der Waals surface area contributed by atoms with Crippen LogP contribution in [0.3, 0.4) is 0 Å². The van der Waals surface area contributed by atoms with Gasteiger partial charge in [-0.1, -0.05) is 30.3 Å². The highest BCUT2D eigenvalue weighted by molar-refractivity contribution is 5.93. The summed E-state index contributed by atoms with van der Waals surface area (Å²) in [5.74, 6) is -1.42. The summed E-state index contributed by atoms with van der Waals surface area (Å²) in [5.41, 5.74) is 1.67. The zero-order valence-corrected chi connectivity index (χ0v) is 13.1. The molecule has 1 N–H and O–H groups in total. The van der Waals surface area contributed by atoms with Gasteiger partial charge in [-0.3, -0.25) is 9.59 Å². The number of carboxylic acids is 1. The van der Waals surface area contributed by atoms with Crippen LogP contribution in [0.5, 0.6) is 0 Å². The van der Waals surface area contributed by atoms with Gasteiger partial charge < -0.3 is 14.6 Å². The van der Waals surface area contributed by atoms with Crippen molar-refractivity contribution in [1.29, 1.82) is 0 Å². The first-order valence-electron chi connectivity index (χ1n) is 7.74. The average Bonchev–Trinajstić information content (AvgIpc) is 3.00. The summed E-state index contributed by atoms with van der Waals surface area (Å²) in [6.07, 6.45) is 2.39. The molecule has 0 bridgehead atoms. The van der Waals surface area contributed by atoms with E-state index in [-0.39, 0.29) is 18.4 Å². The number of benzene rings is 1. The molecule has 1 aliphatic rings. The Morgan fingerprint density at radius 1 is 1.09 bits per heavy atom. The van der Waals surface area contributed by atoms with Crippen molar-refractivity contribution in [2.24, 2.45) is 13.0 Å². The van der Waals surface area contributed by atoms with Crippen molar-refractivity contribution in [2.75, 3.05) is 13.1 Å². The van der Waals surface area contributed by atoms with E-state index in [0.717, 1.165) is 5.56 Å². The molecular weight excluding hydrogens is 292 g/mol. The Morgan fingerprint density at radius 2 is 1.83 bits per heavy atom. The molecule has 0 radical (unpaired) electrons. The molecule has 1 aromatic heterocycles. The van der Waals surface area contributed by atoms with Crippen molar-refractivity contribution in [2.45, 2.75) is 12.3 Å². The van der Waals surface area contributed by atoms with Crippen LogP contribution in [0.15, 0.2) is 48.7 Å². The minimum atomic E-state index is -0.838. The van der Waals surface area contributed by atoms with Gasteiger partial charge in [-0.25, -0.2) is 0 Å². The molecule has 2 heterocycles. The number of amides is 1. The Morgan fingerprint density at radius 3 is 2.43 bits per heavy atom. The molecule has 1 amide bonds. The third-order valence-corrected chi connectivity index (χ3v) is 4.52. The van der Waals surface area contributed by atoms with Crippen LogP contribution in [0.1, 0.15) is 28.4 Å². The molecule has 0 aliphatic carbocycles. The van der Waals surface area contributed by atoms with E-state index in [1.165, 1.54) is 0 Å². The maximum absolute atomic E-state index is 12.7. The lowest BCUT2D eigenvalue weighted by molar-refractivity contribution is -0.143. The van der Waals surface area contributed by atoms with Gasteiger partial charge in [-0.2, -0.15) is 0 Å². The van der Waals surface area contributed by atoms with Crippen LogP contribution in [0, 0.1) is 5.92 Å². The number of carbonyl (C=O) groups is 2. The molecule has 23 heavy (non-hydrogen) atoms. The van der Waals surface area contributed by atoms with Crippen molar-refractivity contribution in [3.05, 3.63) is 59.9 Å². The molecule has 0 spiro atoms. The van der Waals surface area contributed by atoms with Crippen LogP contribution in [0.25, 0.3) is 0 Å². The highest BCUT2D eigenvalue weighted by atomic mass is 16.4. The molecule has 2 atom stereocenters. The number of nitrogens with zero attached hydrogens (tertiary/aromatic N) is 2. The number of aryl methyl sites for hydroxylation is 1. The van der Waals surface area contributed by atoms with Gasteiger partial charge in [0.15, 0.2) is 0 Å². The summed E-state index contributed by atoms with van der Waals surface area (Å²) in [6, 6.07) is 13.4. The molecule has 1 saturated heterocycles. The SMILES string of the molecule is Cn1cccc1C(=O)N1C[C@@H](C(=O)O)C[C@H](c2ccccc2)C1.